The first-order valence-electron chi connectivity index (χ1n) is 10.9. The fraction of sp³-hybridized carbons (Fsp3) is 0.500. The molecule has 0 bridgehead atoms. The molecule has 0 saturated carbocycles. The molecule has 0 spiro atoms. The Morgan fingerprint density at radius 1 is 0.621 bits per heavy atom. The van der Waals surface area contributed by atoms with E-state index in [1.807, 2.05) is 36.4 Å². The second-order valence-electron chi connectivity index (χ2n) is 7.39. The third-order valence-corrected chi connectivity index (χ3v) is 4.82. The molecular formula is C24H35N5. The Balaban J connectivity index is 1.83. The van der Waals surface area contributed by atoms with Gasteiger partial charge in [-0.3, -0.25) is 0 Å². The molecule has 156 valence electrons. The van der Waals surface area contributed by atoms with Crippen molar-refractivity contribution in [2.24, 2.45) is 20.5 Å². The lowest BCUT2D eigenvalue weighted by Crippen LogP contribution is -2.18. The van der Waals surface area contributed by atoms with E-state index in [-0.39, 0.29) is 0 Å². The van der Waals surface area contributed by atoms with Crippen LogP contribution in [0, 0.1) is 0 Å². The summed E-state index contributed by atoms with van der Waals surface area (Å²) >= 11 is 0. The van der Waals surface area contributed by atoms with Crippen LogP contribution in [0.5, 0.6) is 0 Å². The minimum Gasteiger partial charge on any atom is -0.375 e. The first-order chi connectivity index (χ1) is 14.2. The van der Waals surface area contributed by atoms with Crippen LogP contribution in [0.1, 0.15) is 58.8 Å². The molecule has 2 aromatic rings. The van der Waals surface area contributed by atoms with Crippen LogP contribution in [0.3, 0.4) is 0 Å². The fourth-order valence-corrected chi connectivity index (χ4v) is 2.94. The molecule has 0 fully saturated rings. The summed E-state index contributed by atoms with van der Waals surface area (Å²) in [6.45, 7) is 6.31. The van der Waals surface area contributed by atoms with E-state index < -0.39 is 0 Å². The summed E-state index contributed by atoms with van der Waals surface area (Å²) in [5.41, 5.74) is 3.74. The highest BCUT2D eigenvalue weighted by Crippen LogP contribution is 2.24. The van der Waals surface area contributed by atoms with Gasteiger partial charge in [0.1, 0.15) is 0 Å². The third kappa shape index (κ3) is 8.99. The number of hydrogen-bond acceptors (Lipinski definition) is 5. The fourth-order valence-electron chi connectivity index (χ4n) is 2.94. The number of hydrogen-bond donors (Lipinski definition) is 0. The largest absolute Gasteiger partial charge is 0.375 e. The maximum atomic E-state index is 4.34. The Morgan fingerprint density at radius 3 is 1.72 bits per heavy atom. The zero-order valence-corrected chi connectivity index (χ0v) is 18.2. The number of rotatable bonds is 13. The summed E-state index contributed by atoms with van der Waals surface area (Å²) in [5, 5.41) is 17.1. The normalized spacial score (nSPS) is 11.6. The highest BCUT2D eigenvalue weighted by molar-refractivity contribution is 5.52. The molecule has 0 aliphatic carbocycles. The lowest BCUT2D eigenvalue weighted by Gasteiger charge is -2.19. The van der Waals surface area contributed by atoms with Gasteiger partial charge in [0.2, 0.25) is 0 Å². The Labute approximate surface area is 176 Å². The van der Waals surface area contributed by atoms with Gasteiger partial charge in [0.15, 0.2) is 0 Å². The van der Waals surface area contributed by atoms with Crippen LogP contribution in [-0.4, -0.2) is 20.1 Å². The summed E-state index contributed by atoms with van der Waals surface area (Å²) in [4.78, 5) is 2.30. The second kappa shape index (κ2) is 13.6. The van der Waals surface area contributed by atoms with Gasteiger partial charge in [-0.05, 0) is 61.4 Å². The van der Waals surface area contributed by atoms with Gasteiger partial charge >= 0.3 is 0 Å². The van der Waals surface area contributed by atoms with Gasteiger partial charge in [0.05, 0.1) is 23.6 Å². The van der Waals surface area contributed by atoms with Crippen LogP contribution in [0.4, 0.5) is 22.7 Å². The van der Waals surface area contributed by atoms with Crippen molar-refractivity contribution in [2.45, 2.75) is 58.8 Å². The third-order valence-electron chi connectivity index (χ3n) is 4.82. The molecule has 0 amide bonds. The molecule has 0 aliphatic rings. The van der Waals surface area contributed by atoms with Gasteiger partial charge in [0.25, 0.3) is 0 Å². The van der Waals surface area contributed by atoms with Crippen molar-refractivity contribution in [1.82, 2.24) is 0 Å². The maximum Gasteiger partial charge on any atom is 0.0858 e. The molecule has 2 rings (SSSR count). The molecule has 0 heterocycles. The minimum atomic E-state index is 0.791. The van der Waals surface area contributed by atoms with Gasteiger partial charge in [-0.2, -0.15) is 20.5 Å². The number of anilines is 1. The number of unbranched alkanes of at least 4 members (excludes halogenated alkanes) is 5. The van der Waals surface area contributed by atoms with Crippen LogP contribution < -0.4 is 4.90 Å². The van der Waals surface area contributed by atoms with E-state index in [0.717, 1.165) is 36.6 Å². The van der Waals surface area contributed by atoms with E-state index in [2.05, 4.69) is 58.4 Å². The SMILES string of the molecule is CCCCCCN(C)c1ccc(/N=N/c2ccc(N=NCCCCC)cc2)cc1. The predicted octanol–water partition coefficient (Wildman–Crippen LogP) is 8.39. The maximum absolute atomic E-state index is 4.34. The Kier molecular flexibility index (Phi) is 10.6. The Hall–Kier alpha value is -2.56. The topological polar surface area (TPSA) is 52.7 Å². The summed E-state index contributed by atoms with van der Waals surface area (Å²) in [7, 11) is 2.14. The zero-order chi connectivity index (χ0) is 20.7. The van der Waals surface area contributed by atoms with Crippen molar-refractivity contribution >= 4 is 22.7 Å². The number of nitrogens with zero attached hydrogens (tertiary/aromatic N) is 5. The number of benzene rings is 2. The average molecular weight is 394 g/mol. The molecule has 0 atom stereocenters. The first kappa shape index (κ1) is 22.7. The monoisotopic (exact) mass is 393 g/mol. The molecule has 5 nitrogen and oxygen atoms in total. The van der Waals surface area contributed by atoms with Crippen molar-refractivity contribution in [3.63, 3.8) is 0 Å². The van der Waals surface area contributed by atoms with Crippen LogP contribution in [0.2, 0.25) is 0 Å². The van der Waals surface area contributed by atoms with Crippen LogP contribution >= 0.6 is 0 Å². The quantitative estimate of drug-likeness (QED) is 0.249. The van der Waals surface area contributed by atoms with Crippen LogP contribution in [0.15, 0.2) is 69.0 Å². The van der Waals surface area contributed by atoms with Crippen LogP contribution in [0.25, 0.3) is 0 Å². The molecule has 5 heteroatoms. The van der Waals surface area contributed by atoms with E-state index in [1.54, 1.807) is 0 Å². The molecule has 0 saturated heterocycles. The summed E-state index contributed by atoms with van der Waals surface area (Å²) in [5.74, 6) is 0. The zero-order valence-electron chi connectivity index (χ0n) is 18.2. The van der Waals surface area contributed by atoms with Gasteiger partial charge in [-0.25, -0.2) is 0 Å². The smallest absolute Gasteiger partial charge is 0.0858 e. The van der Waals surface area contributed by atoms with Crippen molar-refractivity contribution in [3.05, 3.63) is 48.5 Å². The summed E-state index contributed by atoms with van der Waals surface area (Å²) in [6.07, 6.45) is 8.62. The molecule has 29 heavy (non-hydrogen) atoms. The first-order valence-corrected chi connectivity index (χ1v) is 10.9. The highest BCUT2D eigenvalue weighted by atomic mass is 15.1. The molecule has 2 aromatic carbocycles. The van der Waals surface area contributed by atoms with Gasteiger partial charge in [0, 0.05) is 19.3 Å². The van der Waals surface area contributed by atoms with Gasteiger partial charge in [-0.1, -0.05) is 46.0 Å². The second-order valence-corrected chi connectivity index (χ2v) is 7.39. The Morgan fingerprint density at radius 2 is 1.14 bits per heavy atom. The molecule has 0 unspecified atom stereocenters. The van der Waals surface area contributed by atoms with E-state index in [4.69, 9.17) is 0 Å². The standard InChI is InChI=1S/C24H35N5/c1-4-6-8-10-20-29(3)24-17-15-23(16-18-24)28-27-22-13-11-21(12-14-22)26-25-19-9-7-5-2/h11-18H,4-10,19-20H2,1-3H3/b26-25?,28-27+. The molecule has 0 aliphatic heterocycles. The molecular weight excluding hydrogens is 358 g/mol. The van der Waals surface area contributed by atoms with Crippen molar-refractivity contribution in [2.75, 3.05) is 25.0 Å². The molecule has 0 aromatic heterocycles. The Bertz CT molecular complexity index is 735. The highest BCUT2D eigenvalue weighted by Gasteiger charge is 2.01. The van der Waals surface area contributed by atoms with Crippen molar-refractivity contribution < 1.29 is 0 Å². The van der Waals surface area contributed by atoms with E-state index >= 15 is 0 Å². The lowest BCUT2D eigenvalue weighted by molar-refractivity contribution is 0.661. The minimum absolute atomic E-state index is 0.791. The van der Waals surface area contributed by atoms with E-state index in [0.29, 0.717) is 0 Å². The number of azo groups is 2. The van der Waals surface area contributed by atoms with Gasteiger partial charge < -0.3 is 4.90 Å². The van der Waals surface area contributed by atoms with Crippen LogP contribution in [-0.2, 0) is 0 Å². The lowest BCUT2D eigenvalue weighted by atomic mass is 10.2. The average Bonchev–Trinajstić information content (AvgIpc) is 2.76. The van der Waals surface area contributed by atoms with Crippen molar-refractivity contribution in [3.8, 4) is 0 Å². The molecule has 0 N–H and O–H groups in total. The van der Waals surface area contributed by atoms with E-state index in [9.17, 15) is 0 Å². The molecule has 0 radical (unpaired) electrons. The predicted molar refractivity (Wildman–Crippen MR) is 123 cm³/mol. The van der Waals surface area contributed by atoms with Crippen molar-refractivity contribution in [1.29, 1.82) is 0 Å². The van der Waals surface area contributed by atoms with Gasteiger partial charge in [-0.15, -0.1) is 0 Å². The summed E-state index contributed by atoms with van der Waals surface area (Å²) in [6, 6.07) is 15.9. The summed E-state index contributed by atoms with van der Waals surface area (Å²) < 4.78 is 0. The van der Waals surface area contributed by atoms with E-state index in [1.165, 1.54) is 44.2 Å².